The minimum absolute atomic E-state index is 0.410. The summed E-state index contributed by atoms with van der Waals surface area (Å²) >= 11 is 6.15. The quantitative estimate of drug-likeness (QED) is 0.138. The van der Waals surface area contributed by atoms with Crippen molar-refractivity contribution in [1.82, 2.24) is 29.6 Å². The van der Waals surface area contributed by atoms with E-state index < -0.39 is 20.2 Å². The Morgan fingerprint density at radius 2 is 1.97 bits per heavy atom. The number of hydrogen-bond acceptors (Lipinski definition) is 5. The Morgan fingerprint density at radius 1 is 1.18 bits per heavy atom. The van der Waals surface area contributed by atoms with Gasteiger partial charge in [0.2, 0.25) is 0 Å². The fourth-order valence-electron chi connectivity index (χ4n) is 4.50. The van der Waals surface area contributed by atoms with Crippen molar-refractivity contribution in [2.75, 3.05) is 6.61 Å². The van der Waals surface area contributed by atoms with Gasteiger partial charge in [-0.3, -0.25) is 0 Å². The molecule has 0 spiro atoms. The molecule has 38 heavy (non-hydrogen) atoms. The number of aryl methyl sites for hydroxylation is 2. The summed E-state index contributed by atoms with van der Waals surface area (Å²) in [6.45, 7) is 12.5. The number of carbonyl (C=O) groups is 1. The Bertz CT molecular complexity index is 1410. The zero-order valence-corrected chi connectivity index (χ0v) is 24.3. The maximum Gasteiger partial charge on any atom is 0.405 e. The van der Waals surface area contributed by atoms with Crippen molar-refractivity contribution < 1.29 is 14.6 Å². The van der Waals surface area contributed by atoms with E-state index >= 15 is 0 Å². The fourth-order valence-corrected chi connectivity index (χ4v) is 5.53. The summed E-state index contributed by atoms with van der Waals surface area (Å²) < 4.78 is 9.63. The van der Waals surface area contributed by atoms with E-state index in [1.165, 1.54) is 0 Å². The largest absolute Gasteiger partial charge is 0.465 e. The molecule has 0 radical (unpaired) electrons. The lowest BCUT2D eigenvalue weighted by atomic mass is 10.0. The predicted octanol–water partition coefficient (Wildman–Crippen LogP) is 5.81. The van der Waals surface area contributed by atoms with Crippen LogP contribution >= 0.6 is 11.6 Å². The van der Waals surface area contributed by atoms with Crippen molar-refractivity contribution in [3.05, 3.63) is 76.2 Å². The number of aromatic nitrogens is 5. The van der Waals surface area contributed by atoms with E-state index in [9.17, 15) is 9.90 Å². The van der Waals surface area contributed by atoms with E-state index in [-0.39, 0.29) is 0 Å². The molecule has 4 aromatic rings. The zero-order chi connectivity index (χ0) is 27.4. The molecular formula is C27H35ClN6O3Si. The first-order chi connectivity index (χ1) is 18.0. The minimum atomic E-state index is -1.14. The van der Waals surface area contributed by atoms with Crippen LogP contribution in [0.1, 0.15) is 34.3 Å². The summed E-state index contributed by atoms with van der Waals surface area (Å²) in [5, 5.41) is 18.4. The third-order valence-corrected chi connectivity index (χ3v) is 8.16. The number of halogens is 1. The first-order valence-corrected chi connectivity index (χ1v) is 16.7. The molecule has 0 aliphatic heterocycles. The lowest BCUT2D eigenvalue weighted by Crippen LogP contribution is -2.30. The molecule has 3 aromatic heterocycles. The highest BCUT2D eigenvalue weighted by molar-refractivity contribution is 6.76. The second kappa shape index (κ2) is 11.7. The van der Waals surface area contributed by atoms with Gasteiger partial charge in [-0.1, -0.05) is 37.3 Å². The van der Waals surface area contributed by atoms with Gasteiger partial charge in [0.05, 0.1) is 11.6 Å². The van der Waals surface area contributed by atoms with E-state index in [4.69, 9.17) is 21.4 Å². The van der Waals surface area contributed by atoms with Crippen LogP contribution in [0.5, 0.6) is 0 Å². The second-order valence-corrected chi connectivity index (χ2v) is 16.9. The van der Waals surface area contributed by atoms with E-state index in [0.717, 1.165) is 45.9 Å². The summed E-state index contributed by atoms with van der Waals surface area (Å²) in [5.74, 6) is 0.627. The Hall–Kier alpha value is -3.21. The van der Waals surface area contributed by atoms with Crippen LogP contribution in [0.15, 0.2) is 42.9 Å². The smallest absolute Gasteiger partial charge is 0.405 e. The molecule has 1 aromatic carbocycles. The van der Waals surface area contributed by atoms with Gasteiger partial charge in [0.25, 0.3) is 0 Å². The maximum absolute atomic E-state index is 11.7. The van der Waals surface area contributed by atoms with Crippen LogP contribution in [0.3, 0.4) is 0 Å². The molecule has 0 bridgehead atoms. The minimum Gasteiger partial charge on any atom is -0.465 e. The van der Waals surface area contributed by atoms with Crippen molar-refractivity contribution in [2.45, 2.75) is 65.3 Å². The first kappa shape index (κ1) is 27.8. The van der Waals surface area contributed by atoms with Crippen LogP contribution < -0.4 is 5.32 Å². The molecule has 202 valence electrons. The number of benzene rings is 1. The van der Waals surface area contributed by atoms with Gasteiger partial charge >= 0.3 is 6.09 Å². The molecular weight excluding hydrogens is 520 g/mol. The van der Waals surface area contributed by atoms with E-state index in [0.29, 0.717) is 30.7 Å². The molecule has 0 aliphatic carbocycles. The topological polar surface area (TPSA) is 107 Å². The molecule has 0 fully saturated rings. The molecule has 0 saturated heterocycles. The lowest BCUT2D eigenvalue weighted by Gasteiger charge is -2.19. The molecule has 4 rings (SSSR count). The number of carboxylic acid groups (broad SMARTS) is 1. The number of imidazole rings is 1. The van der Waals surface area contributed by atoms with Crippen LogP contribution in [-0.2, 0) is 24.4 Å². The van der Waals surface area contributed by atoms with Crippen LogP contribution in [-0.4, -0.2) is 50.2 Å². The standard InChI is InChI=1S/C27H35ClN6O3Si/c1-18-10-20(12-22-16-34(32-25(18)22)17-37-8-9-38(3,4)5)13-23(31-27(35)36)26-29-6-7-33(26)15-21-11-19(2)30-24(28)14-21/h6-7,10-12,14,16,23,31H,8-9,13,15,17H2,1-5H3,(H,35,36). The van der Waals surface area contributed by atoms with Crippen LogP contribution in [0, 0.1) is 13.8 Å². The van der Waals surface area contributed by atoms with Gasteiger partial charge in [-0.15, -0.1) is 0 Å². The number of nitrogens with zero attached hydrogens (tertiary/aromatic N) is 5. The summed E-state index contributed by atoms with van der Waals surface area (Å²) in [7, 11) is -1.14. The van der Waals surface area contributed by atoms with Crippen LogP contribution in [0.25, 0.3) is 10.9 Å². The Labute approximate surface area is 228 Å². The molecule has 0 aliphatic rings. The van der Waals surface area contributed by atoms with Crippen molar-refractivity contribution in [3.63, 3.8) is 0 Å². The van der Waals surface area contributed by atoms with E-state index in [1.807, 2.05) is 47.6 Å². The lowest BCUT2D eigenvalue weighted by molar-refractivity contribution is 0.0791. The van der Waals surface area contributed by atoms with E-state index in [1.54, 1.807) is 6.20 Å². The van der Waals surface area contributed by atoms with Gasteiger partial charge in [-0.25, -0.2) is 19.4 Å². The first-order valence-electron chi connectivity index (χ1n) is 12.6. The highest BCUT2D eigenvalue weighted by Crippen LogP contribution is 2.25. The third kappa shape index (κ3) is 7.43. The molecule has 11 heteroatoms. The number of rotatable bonds is 11. The molecule has 9 nitrogen and oxygen atoms in total. The highest BCUT2D eigenvalue weighted by atomic mass is 35.5. The monoisotopic (exact) mass is 554 g/mol. The van der Waals surface area contributed by atoms with Gasteiger partial charge < -0.3 is 19.7 Å². The Balaban J connectivity index is 1.54. The number of hydrogen-bond donors (Lipinski definition) is 2. The van der Waals surface area contributed by atoms with Gasteiger partial charge in [0.1, 0.15) is 17.7 Å². The maximum atomic E-state index is 11.7. The van der Waals surface area contributed by atoms with Gasteiger partial charge in [0.15, 0.2) is 0 Å². The SMILES string of the molecule is Cc1cc(Cn2ccnc2C(Cc2cc(C)c3nn(COCC[Si](C)(C)C)cc3c2)NC(=O)O)cc(Cl)n1. The van der Waals surface area contributed by atoms with Crippen LogP contribution in [0.2, 0.25) is 30.8 Å². The number of pyridine rings is 1. The molecule has 1 atom stereocenters. The zero-order valence-electron chi connectivity index (χ0n) is 22.5. The number of nitrogens with one attached hydrogen (secondary N) is 1. The van der Waals surface area contributed by atoms with Gasteiger partial charge in [-0.05, 0) is 54.8 Å². The number of ether oxygens (including phenoxy) is 1. The summed E-state index contributed by atoms with van der Waals surface area (Å²) in [6, 6.07) is 8.45. The summed E-state index contributed by atoms with van der Waals surface area (Å²) in [4.78, 5) is 20.5. The normalized spacial score (nSPS) is 12.7. The highest BCUT2D eigenvalue weighted by Gasteiger charge is 2.21. The number of amides is 1. The fraction of sp³-hybridized carbons (Fsp3) is 0.407. The number of fused-ring (bicyclic) bond motifs is 1. The van der Waals surface area contributed by atoms with E-state index in [2.05, 4.69) is 47.1 Å². The van der Waals surface area contributed by atoms with Crippen molar-refractivity contribution >= 4 is 36.7 Å². The molecule has 1 unspecified atom stereocenters. The molecule has 0 saturated carbocycles. The average molecular weight is 555 g/mol. The van der Waals surface area contributed by atoms with Crippen molar-refractivity contribution in [2.24, 2.45) is 0 Å². The molecule has 3 heterocycles. The predicted molar refractivity (Wildman–Crippen MR) is 151 cm³/mol. The second-order valence-electron chi connectivity index (χ2n) is 10.9. The molecule has 2 N–H and O–H groups in total. The summed E-state index contributed by atoms with van der Waals surface area (Å²) in [6.07, 6.45) is 4.84. The Kier molecular flexibility index (Phi) is 8.54. The van der Waals surface area contributed by atoms with Gasteiger partial charge in [-0.2, -0.15) is 5.10 Å². The van der Waals surface area contributed by atoms with Crippen molar-refractivity contribution in [3.8, 4) is 0 Å². The Morgan fingerprint density at radius 3 is 2.68 bits per heavy atom. The van der Waals surface area contributed by atoms with Crippen molar-refractivity contribution in [1.29, 1.82) is 0 Å². The van der Waals surface area contributed by atoms with Gasteiger partial charge in [0, 0.05) is 57.3 Å². The summed E-state index contributed by atoms with van der Waals surface area (Å²) in [5.41, 5.74) is 4.72. The average Bonchev–Trinajstić information content (AvgIpc) is 3.42. The third-order valence-electron chi connectivity index (χ3n) is 6.26. The van der Waals surface area contributed by atoms with Crippen LogP contribution in [0.4, 0.5) is 4.79 Å². The molecule has 1 amide bonds.